The molecule has 7 rings (SSSR count). The third-order valence-corrected chi connectivity index (χ3v) is 12.4. The molecule has 2 N–H and O–H groups in total. The highest BCUT2D eigenvalue weighted by molar-refractivity contribution is 6.04. The second kappa shape index (κ2) is 12.1. The molecule has 0 amide bonds. The largest absolute Gasteiger partial charge is 0.458 e. The molecule has 0 heterocycles. The molecule has 0 spiro atoms. The van der Waals surface area contributed by atoms with Gasteiger partial charge < -0.3 is 24.4 Å². The summed E-state index contributed by atoms with van der Waals surface area (Å²) in [6, 6.07) is 29.8. The van der Waals surface area contributed by atoms with Gasteiger partial charge in [0.2, 0.25) is 0 Å². The van der Waals surface area contributed by atoms with E-state index in [0.717, 1.165) is 16.7 Å². The summed E-state index contributed by atoms with van der Waals surface area (Å²) in [6.07, 6.45) is 2.50. The van der Waals surface area contributed by atoms with Crippen LogP contribution in [0, 0.1) is 29.1 Å². The Morgan fingerprint density at radius 1 is 0.824 bits per heavy atom. The summed E-state index contributed by atoms with van der Waals surface area (Å²) in [7, 11) is 0. The van der Waals surface area contributed by atoms with Crippen LogP contribution in [0.1, 0.15) is 64.7 Å². The van der Waals surface area contributed by atoms with Crippen LogP contribution in [0.25, 0.3) is 0 Å². The molecule has 0 aliphatic heterocycles. The van der Waals surface area contributed by atoms with Crippen LogP contribution in [0.5, 0.6) is 0 Å². The van der Waals surface area contributed by atoms with Gasteiger partial charge in [-0.25, -0.2) is 0 Å². The van der Waals surface area contributed by atoms with Crippen LogP contribution in [-0.4, -0.2) is 57.4 Å². The third kappa shape index (κ3) is 4.94. The molecule has 0 aromatic heterocycles. The first-order chi connectivity index (χ1) is 24.2. The zero-order valence-corrected chi connectivity index (χ0v) is 30.0. The van der Waals surface area contributed by atoms with Crippen molar-refractivity contribution in [1.82, 2.24) is 0 Å². The highest BCUT2D eigenvalue weighted by Crippen LogP contribution is 2.77. The molecule has 3 aromatic carbocycles. The first kappa shape index (κ1) is 35.1. The van der Waals surface area contributed by atoms with Crippen molar-refractivity contribution in [1.29, 1.82) is 0 Å². The monoisotopic (exact) mass is 690 g/mol. The number of benzene rings is 3. The molecule has 4 aliphatic carbocycles. The summed E-state index contributed by atoms with van der Waals surface area (Å²) < 4.78 is 19.3. The molecule has 2 fully saturated rings. The van der Waals surface area contributed by atoms with Gasteiger partial charge >= 0.3 is 11.9 Å². The van der Waals surface area contributed by atoms with Gasteiger partial charge in [-0.15, -0.1) is 0 Å². The number of ether oxygens (including phenoxy) is 3. The molecular formula is C43H46O8. The van der Waals surface area contributed by atoms with E-state index in [0.29, 0.717) is 11.1 Å². The number of hydrogen-bond acceptors (Lipinski definition) is 8. The Labute approximate surface area is 299 Å². The molecule has 4 aliphatic rings. The number of Topliss-reactive ketones (excluding diaryl/α,β-unsaturated/α-hetero) is 1. The van der Waals surface area contributed by atoms with Crippen molar-refractivity contribution in [3.8, 4) is 0 Å². The highest BCUT2D eigenvalue weighted by atomic mass is 16.6. The van der Waals surface area contributed by atoms with E-state index in [4.69, 9.17) is 14.2 Å². The van der Waals surface area contributed by atoms with Gasteiger partial charge in [0.15, 0.2) is 11.4 Å². The number of fused-ring (bicyclic) bond motifs is 5. The third-order valence-electron chi connectivity index (χ3n) is 12.4. The molecule has 8 nitrogen and oxygen atoms in total. The van der Waals surface area contributed by atoms with Gasteiger partial charge in [-0.3, -0.25) is 14.4 Å². The molecule has 8 heteroatoms. The summed E-state index contributed by atoms with van der Waals surface area (Å²) in [5.41, 5.74) is -3.15. The Morgan fingerprint density at radius 3 is 1.80 bits per heavy atom. The number of esters is 2. The van der Waals surface area contributed by atoms with Crippen LogP contribution >= 0.6 is 0 Å². The zero-order chi connectivity index (χ0) is 36.6. The number of ketones is 1. The van der Waals surface area contributed by atoms with Crippen LogP contribution in [0.3, 0.4) is 0 Å². The zero-order valence-electron chi connectivity index (χ0n) is 30.0. The van der Waals surface area contributed by atoms with E-state index in [1.807, 2.05) is 111 Å². The van der Waals surface area contributed by atoms with Crippen molar-refractivity contribution in [3.05, 3.63) is 131 Å². The summed E-state index contributed by atoms with van der Waals surface area (Å²) in [5.74, 6) is -4.66. The first-order valence-corrected chi connectivity index (χ1v) is 17.7. The number of carbonyl (C=O) groups is 3. The fraction of sp³-hybridized carbons (Fsp3) is 0.419. The quantitative estimate of drug-likeness (QED) is 0.166. The minimum atomic E-state index is -1.99. The van der Waals surface area contributed by atoms with E-state index < -0.39 is 75.3 Å². The van der Waals surface area contributed by atoms with Gasteiger partial charge in [0.05, 0.1) is 12.2 Å². The number of hydrogen-bond donors (Lipinski definition) is 2. The smallest absolute Gasteiger partial charge is 0.303 e. The molecule has 266 valence electrons. The second-order valence-corrected chi connectivity index (χ2v) is 15.5. The maximum atomic E-state index is 14.0. The van der Waals surface area contributed by atoms with Crippen molar-refractivity contribution < 1.29 is 38.8 Å². The van der Waals surface area contributed by atoms with Gasteiger partial charge in [0, 0.05) is 49.4 Å². The summed E-state index contributed by atoms with van der Waals surface area (Å²) >= 11 is 0. The normalized spacial score (nSPS) is 33.4. The van der Waals surface area contributed by atoms with Gasteiger partial charge in [-0.2, -0.15) is 0 Å². The predicted molar refractivity (Wildman–Crippen MR) is 190 cm³/mol. The lowest BCUT2D eigenvalue weighted by atomic mass is 9.59. The second-order valence-electron chi connectivity index (χ2n) is 15.5. The van der Waals surface area contributed by atoms with E-state index in [1.54, 1.807) is 19.9 Å². The lowest BCUT2D eigenvalue weighted by Gasteiger charge is -2.53. The lowest BCUT2D eigenvalue weighted by molar-refractivity contribution is -0.227. The summed E-state index contributed by atoms with van der Waals surface area (Å²) in [4.78, 5) is 39.3. The summed E-state index contributed by atoms with van der Waals surface area (Å²) in [6.45, 7) is 9.92. The predicted octanol–water partition coefficient (Wildman–Crippen LogP) is 6.09. The van der Waals surface area contributed by atoms with Crippen molar-refractivity contribution in [2.45, 2.75) is 76.5 Å². The summed E-state index contributed by atoms with van der Waals surface area (Å²) in [5, 5.41) is 25.7. The Morgan fingerprint density at radius 2 is 1.33 bits per heavy atom. The Bertz CT molecular complexity index is 1820. The van der Waals surface area contributed by atoms with E-state index in [2.05, 4.69) is 0 Å². The molecular weight excluding hydrogens is 644 g/mol. The van der Waals surface area contributed by atoms with E-state index in [9.17, 15) is 24.6 Å². The highest BCUT2D eigenvalue weighted by Gasteiger charge is 2.87. The van der Waals surface area contributed by atoms with E-state index in [-0.39, 0.29) is 13.0 Å². The number of rotatable bonds is 8. The Kier molecular flexibility index (Phi) is 8.32. The minimum Gasteiger partial charge on any atom is -0.458 e. The van der Waals surface area contributed by atoms with Crippen molar-refractivity contribution in [2.75, 3.05) is 6.61 Å². The van der Waals surface area contributed by atoms with Gasteiger partial charge in [-0.05, 0) is 34.8 Å². The minimum absolute atomic E-state index is 0.00207. The molecule has 0 saturated heterocycles. The molecule has 5 unspecified atom stereocenters. The lowest BCUT2D eigenvalue weighted by Crippen LogP contribution is -2.66. The van der Waals surface area contributed by atoms with Crippen LogP contribution in [-0.2, 0) is 34.2 Å². The average molecular weight is 691 g/mol. The molecule has 2 saturated carbocycles. The van der Waals surface area contributed by atoms with Crippen LogP contribution < -0.4 is 0 Å². The van der Waals surface area contributed by atoms with Crippen molar-refractivity contribution >= 4 is 17.7 Å². The average Bonchev–Trinajstić information content (AvgIpc) is 3.53. The van der Waals surface area contributed by atoms with Crippen LogP contribution in [0.4, 0.5) is 0 Å². The first-order valence-electron chi connectivity index (χ1n) is 17.7. The maximum absolute atomic E-state index is 14.0. The Balaban J connectivity index is 1.41. The number of carbonyl (C=O) groups excluding carboxylic acids is 3. The SMILES string of the molecule is CC(=O)OC1C(C)[C@@]2(O)C(C=C(COC(c3ccccc3)(c3ccccc3)c3ccccc3)C[C@]3(O)C(=O)C(C)=CC23)C2C(C)(C)[C@]12OC(C)=O. The van der Waals surface area contributed by atoms with Gasteiger partial charge in [-0.1, -0.05) is 124 Å². The van der Waals surface area contributed by atoms with E-state index >= 15 is 0 Å². The molecule has 8 atom stereocenters. The number of aliphatic hydroxyl groups is 2. The van der Waals surface area contributed by atoms with Crippen LogP contribution in [0.15, 0.2) is 114 Å². The fourth-order valence-corrected chi connectivity index (χ4v) is 10.2. The molecule has 3 aromatic rings. The molecule has 0 bridgehead atoms. The maximum Gasteiger partial charge on any atom is 0.303 e. The standard InChI is InChI=1S/C43H46O8/c1-26-22-35-40(47,37(26)46)24-30(23-34-36-39(5,6)43(36,51-29(4)45)38(50-28(3)44)27(2)41(34,35)48)25-49-42(31-16-10-7-11-17-31,32-18-12-8-13-19-32)33-20-14-9-15-21-33/h7-23,27,34-36,38,47-48H,24-25H2,1-6H3/t27?,34?,35?,36?,38?,40-,41-,43-/m1/s1. The molecule has 51 heavy (non-hydrogen) atoms. The van der Waals surface area contributed by atoms with E-state index in [1.165, 1.54) is 13.8 Å². The van der Waals surface area contributed by atoms with Gasteiger partial charge in [0.1, 0.15) is 17.3 Å². The molecule has 0 radical (unpaired) electrons. The Hall–Kier alpha value is -4.37. The van der Waals surface area contributed by atoms with Gasteiger partial charge in [0.25, 0.3) is 0 Å². The van der Waals surface area contributed by atoms with Crippen molar-refractivity contribution in [2.24, 2.45) is 29.1 Å². The van der Waals surface area contributed by atoms with Crippen LogP contribution in [0.2, 0.25) is 0 Å². The fourth-order valence-electron chi connectivity index (χ4n) is 10.2. The van der Waals surface area contributed by atoms with Crippen molar-refractivity contribution in [3.63, 3.8) is 0 Å². The topological polar surface area (TPSA) is 119 Å².